The van der Waals surface area contributed by atoms with E-state index in [4.69, 9.17) is 5.73 Å². The number of nitrogens with two attached hydrogens (primary N) is 1. The topological polar surface area (TPSA) is 55.0 Å². The Morgan fingerprint density at radius 3 is 2.71 bits per heavy atom. The van der Waals surface area contributed by atoms with Gasteiger partial charge in [-0.15, -0.1) is 24.8 Å². The zero-order valence-corrected chi connectivity index (χ0v) is 11.6. The maximum Gasteiger partial charge on any atom is 0.0727 e. The van der Waals surface area contributed by atoms with Crippen molar-refractivity contribution in [3.8, 4) is 0 Å². The molecule has 1 aliphatic rings. The summed E-state index contributed by atoms with van der Waals surface area (Å²) in [7, 11) is 0. The second-order valence-corrected chi connectivity index (χ2v) is 4.29. The minimum Gasteiger partial charge on any atom is -0.327 e. The minimum atomic E-state index is 0. The predicted molar refractivity (Wildman–Crippen MR) is 73.8 cm³/mol. The van der Waals surface area contributed by atoms with Gasteiger partial charge in [0.05, 0.1) is 11.4 Å². The Labute approximate surface area is 115 Å². The Hall–Kier alpha value is -0.420. The van der Waals surface area contributed by atoms with Crippen LogP contribution in [0.25, 0.3) is 0 Å². The predicted octanol–water partition coefficient (Wildman–Crippen LogP) is 1.55. The van der Waals surface area contributed by atoms with Crippen molar-refractivity contribution in [2.75, 3.05) is 13.1 Å². The SMILES string of the molecule is Cc1cnc(CN2CCCC(N)C2)cn1.Cl.Cl. The number of piperidine rings is 1. The molecule has 0 bridgehead atoms. The highest BCUT2D eigenvalue weighted by atomic mass is 35.5. The minimum absolute atomic E-state index is 0. The molecular weight excluding hydrogens is 259 g/mol. The fraction of sp³-hybridized carbons (Fsp3) is 0.636. The lowest BCUT2D eigenvalue weighted by molar-refractivity contribution is 0.199. The van der Waals surface area contributed by atoms with E-state index in [0.29, 0.717) is 6.04 Å². The average molecular weight is 279 g/mol. The average Bonchev–Trinajstić information content (AvgIpc) is 2.22. The summed E-state index contributed by atoms with van der Waals surface area (Å²) >= 11 is 0. The van der Waals surface area contributed by atoms with E-state index >= 15 is 0 Å². The molecule has 2 rings (SSSR count). The van der Waals surface area contributed by atoms with Crippen LogP contribution in [0.5, 0.6) is 0 Å². The van der Waals surface area contributed by atoms with Crippen LogP contribution in [0.2, 0.25) is 0 Å². The van der Waals surface area contributed by atoms with Gasteiger partial charge in [0.1, 0.15) is 0 Å². The van der Waals surface area contributed by atoms with E-state index < -0.39 is 0 Å². The molecular formula is C11H20Cl2N4. The van der Waals surface area contributed by atoms with Gasteiger partial charge in [-0.1, -0.05) is 0 Å². The molecule has 0 radical (unpaired) electrons. The lowest BCUT2D eigenvalue weighted by Gasteiger charge is -2.30. The lowest BCUT2D eigenvalue weighted by atomic mass is 10.1. The van der Waals surface area contributed by atoms with Crippen molar-refractivity contribution < 1.29 is 0 Å². The van der Waals surface area contributed by atoms with Gasteiger partial charge in [0.25, 0.3) is 0 Å². The van der Waals surface area contributed by atoms with Gasteiger partial charge in [-0.3, -0.25) is 14.9 Å². The maximum atomic E-state index is 5.93. The van der Waals surface area contributed by atoms with E-state index in [9.17, 15) is 0 Å². The quantitative estimate of drug-likeness (QED) is 0.892. The van der Waals surface area contributed by atoms with Gasteiger partial charge in [0, 0.05) is 31.5 Å². The molecule has 0 spiro atoms. The Bertz CT molecular complexity index is 318. The Morgan fingerprint density at radius 2 is 2.12 bits per heavy atom. The highest BCUT2D eigenvalue weighted by Gasteiger charge is 2.16. The third-order valence-electron chi connectivity index (χ3n) is 2.76. The highest BCUT2D eigenvalue weighted by Crippen LogP contribution is 2.10. The first-order chi connectivity index (χ1) is 7.24. The molecule has 1 unspecified atom stereocenters. The second-order valence-electron chi connectivity index (χ2n) is 4.29. The zero-order valence-electron chi connectivity index (χ0n) is 10.0. The molecule has 0 aliphatic carbocycles. The molecule has 4 nitrogen and oxygen atoms in total. The molecule has 1 aromatic rings. The van der Waals surface area contributed by atoms with E-state index in [1.807, 2.05) is 19.3 Å². The van der Waals surface area contributed by atoms with E-state index in [2.05, 4.69) is 14.9 Å². The number of aromatic nitrogens is 2. The summed E-state index contributed by atoms with van der Waals surface area (Å²) in [6.07, 6.45) is 6.02. The van der Waals surface area contributed by atoms with Crippen LogP contribution in [-0.4, -0.2) is 34.0 Å². The molecule has 17 heavy (non-hydrogen) atoms. The molecule has 1 aromatic heterocycles. The first kappa shape index (κ1) is 16.6. The summed E-state index contributed by atoms with van der Waals surface area (Å²) in [6.45, 7) is 4.94. The van der Waals surface area contributed by atoms with Crippen LogP contribution in [0.1, 0.15) is 24.2 Å². The molecule has 6 heteroatoms. The van der Waals surface area contributed by atoms with E-state index in [-0.39, 0.29) is 24.8 Å². The van der Waals surface area contributed by atoms with Crippen molar-refractivity contribution in [1.29, 1.82) is 0 Å². The van der Waals surface area contributed by atoms with Gasteiger partial charge in [-0.2, -0.15) is 0 Å². The monoisotopic (exact) mass is 278 g/mol. The van der Waals surface area contributed by atoms with Crippen LogP contribution in [0, 0.1) is 6.92 Å². The Kier molecular flexibility index (Phi) is 7.63. The summed E-state index contributed by atoms with van der Waals surface area (Å²) in [5.74, 6) is 0. The van der Waals surface area contributed by atoms with Crippen LogP contribution in [0.4, 0.5) is 0 Å². The first-order valence-electron chi connectivity index (χ1n) is 5.49. The molecule has 0 saturated carbocycles. The lowest BCUT2D eigenvalue weighted by Crippen LogP contribution is -2.42. The Morgan fingerprint density at radius 1 is 1.35 bits per heavy atom. The van der Waals surface area contributed by atoms with Crippen molar-refractivity contribution in [3.63, 3.8) is 0 Å². The number of nitrogens with zero attached hydrogens (tertiary/aromatic N) is 3. The van der Waals surface area contributed by atoms with E-state index in [0.717, 1.165) is 37.4 Å². The van der Waals surface area contributed by atoms with Crippen LogP contribution in [-0.2, 0) is 6.54 Å². The van der Waals surface area contributed by atoms with Gasteiger partial charge in [-0.05, 0) is 26.3 Å². The van der Waals surface area contributed by atoms with Crippen LogP contribution in [0.15, 0.2) is 12.4 Å². The molecule has 2 N–H and O–H groups in total. The van der Waals surface area contributed by atoms with E-state index in [1.165, 1.54) is 6.42 Å². The van der Waals surface area contributed by atoms with Crippen LogP contribution < -0.4 is 5.73 Å². The smallest absolute Gasteiger partial charge is 0.0727 e. The normalized spacial score (nSPS) is 20.2. The standard InChI is InChI=1S/C11H18N4.2ClH/c1-9-5-14-11(6-13-9)8-15-4-2-3-10(12)7-15;;/h5-6,10H,2-4,7-8,12H2,1H3;2*1H. The number of hydrogen-bond acceptors (Lipinski definition) is 4. The number of aryl methyl sites for hydroxylation is 1. The third kappa shape index (κ3) is 5.17. The second kappa shape index (κ2) is 7.82. The van der Waals surface area contributed by atoms with Crippen molar-refractivity contribution >= 4 is 24.8 Å². The van der Waals surface area contributed by atoms with Crippen LogP contribution >= 0.6 is 24.8 Å². The molecule has 2 heterocycles. The summed E-state index contributed by atoms with van der Waals surface area (Å²) in [4.78, 5) is 11.0. The largest absolute Gasteiger partial charge is 0.327 e. The highest BCUT2D eigenvalue weighted by molar-refractivity contribution is 5.85. The van der Waals surface area contributed by atoms with Crippen molar-refractivity contribution in [3.05, 3.63) is 23.8 Å². The fourth-order valence-corrected chi connectivity index (χ4v) is 1.96. The number of likely N-dealkylation sites (tertiary alicyclic amines) is 1. The van der Waals surface area contributed by atoms with Gasteiger partial charge < -0.3 is 5.73 Å². The third-order valence-corrected chi connectivity index (χ3v) is 2.76. The summed E-state index contributed by atoms with van der Waals surface area (Å²) in [5.41, 5.74) is 7.93. The first-order valence-corrected chi connectivity index (χ1v) is 5.49. The maximum absolute atomic E-state index is 5.93. The summed E-state index contributed by atoms with van der Waals surface area (Å²) in [6, 6.07) is 0.331. The molecule has 1 aliphatic heterocycles. The van der Waals surface area contributed by atoms with Crippen LogP contribution in [0.3, 0.4) is 0 Å². The molecule has 0 aromatic carbocycles. The van der Waals surface area contributed by atoms with Gasteiger partial charge >= 0.3 is 0 Å². The van der Waals surface area contributed by atoms with Crippen molar-refractivity contribution in [2.45, 2.75) is 32.4 Å². The van der Waals surface area contributed by atoms with Gasteiger partial charge in [-0.25, -0.2) is 0 Å². The van der Waals surface area contributed by atoms with Crippen molar-refractivity contribution in [2.24, 2.45) is 5.73 Å². The molecule has 0 amide bonds. The van der Waals surface area contributed by atoms with Gasteiger partial charge in [0.15, 0.2) is 0 Å². The summed E-state index contributed by atoms with van der Waals surface area (Å²) in [5, 5.41) is 0. The molecule has 1 atom stereocenters. The zero-order chi connectivity index (χ0) is 10.7. The molecule has 1 fully saturated rings. The Balaban J connectivity index is 0.00000128. The molecule has 1 saturated heterocycles. The number of hydrogen-bond donors (Lipinski definition) is 1. The number of rotatable bonds is 2. The fourth-order valence-electron chi connectivity index (χ4n) is 1.96. The molecule has 98 valence electrons. The number of halogens is 2. The van der Waals surface area contributed by atoms with Gasteiger partial charge in [0.2, 0.25) is 0 Å². The van der Waals surface area contributed by atoms with E-state index in [1.54, 1.807) is 0 Å². The van der Waals surface area contributed by atoms with Crippen molar-refractivity contribution in [1.82, 2.24) is 14.9 Å². The summed E-state index contributed by atoms with van der Waals surface area (Å²) < 4.78 is 0.